The fourth-order valence-electron chi connectivity index (χ4n) is 2.27. The summed E-state index contributed by atoms with van der Waals surface area (Å²) in [6.07, 6.45) is 20.3. The Morgan fingerprint density at radius 3 is 2.87 bits per heavy atom. The van der Waals surface area contributed by atoms with Gasteiger partial charge in [-0.25, -0.2) is 0 Å². The Kier molecular flexibility index (Phi) is 3.60. The van der Waals surface area contributed by atoms with Gasteiger partial charge in [0.2, 0.25) is 0 Å². The summed E-state index contributed by atoms with van der Waals surface area (Å²) < 4.78 is 0. The zero-order valence-corrected chi connectivity index (χ0v) is 9.58. The summed E-state index contributed by atoms with van der Waals surface area (Å²) >= 11 is 0. The average Bonchev–Trinajstić information content (AvgIpc) is 2.67. The first kappa shape index (κ1) is 10.5. The molecule has 0 aromatic rings. The number of hydrogen-bond donors (Lipinski definition) is 0. The molecule has 1 unspecified atom stereocenters. The zero-order chi connectivity index (χ0) is 10.5. The highest BCUT2D eigenvalue weighted by Crippen LogP contribution is 2.31. The fourth-order valence-corrected chi connectivity index (χ4v) is 2.27. The Morgan fingerprint density at radius 1 is 1.13 bits per heavy atom. The number of rotatable bonds is 5. The standard InChI is InChI=1S/C15H20/c1-2-3-4-5-8-13-11-14-9-6-7-10-15(14)12-13/h6-7,9-12,14H,2-5,8H2,1H3. The first-order valence-corrected chi connectivity index (χ1v) is 6.17. The molecule has 15 heavy (non-hydrogen) atoms. The van der Waals surface area contributed by atoms with Gasteiger partial charge in [0.15, 0.2) is 0 Å². The third-order valence-corrected chi connectivity index (χ3v) is 3.17. The van der Waals surface area contributed by atoms with Crippen molar-refractivity contribution in [2.45, 2.75) is 39.0 Å². The minimum absolute atomic E-state index is 0.580. The second-order valence-electron chi connectivity index (χ2n) is 4.47. The van der Waals surface area contributed by atoms with Crippen LogP contribution in [0.5, 0.6) is 0 Å². The lowest BCUT2D eigenvalue weighted by molar-refractivity contribution is 0.668. The molecule has 0 radical (unpaired) electrons. The van der Waals surface area contributed by atoms with Crippen LogP contribution in [-0.4, -0.2) is 0 Å². The van der Waals surface area contributed by atoms with E-state index in [2.05, 4.69) is 43.4 Å². The number of fused-ring (bicyclic) bond motifs is 1. The molecule has 0 saturated heterocycles. The molecular weight excluding hydrogens is 180 g/mol. The molecule has 0 heterocycles. The summed E-state index contributed by atoms with van der Waals surface area (Å²) in [5.74, 6) is 0.580. The zero-order valence-electron chi connectivity index (χ0n) is 9.58. The van der Waals surface area contributed by atoms with Gasteiger partial charge in [-0.1, -0.05) is 68.2 Å². The molecule has 0 spiro atoms. The molecule has 2 aliphatic carbocycles. The normalized spacial score (nSPS) is 22.6. The minimum Gasteiger partial charge on any atom is -0.0732 e. The molecule has 0 aliphatic heterocycles. The van der Waals surface area contributed by atoms with Crippen LogP contribution < -0.4 is 0 Å². The van der Waals surface area contributed by atoms with Gasteiger partial charge >= 0.3 is 0 Å². The van der Waals surface area contributed by atoms with Gasteiger partial charge in [0.1, 0.15) is 0 Å². The summed E-state index contributed by atoms with van der Waals surface area (Å²) in [7, 11) is 0. The van der Waals surface area contributed by atoms with Crippen molar-refractivity contribution in [3.05, 3.63) is 47.6 Å². The fraction of sp³-hybridized carbons (Fsp3) is 0.467. The monoisotopic (exact) mass is 200 g/mol. The van der Waals surface area contributed by atoms with Gasteiger partial charge in [-0.15, -0.1) is 0 Å². The van der Waals surface area contributed by atoms with E-state index < -0.39 is 0 Å². The topological polar surface area (TPSA) is 0 Å². The van der Waals surface area contributed by atoms with E-state index in [4.69, 9.17) is 0 Å². The maximum absolute atomic E-state index is 2.42. The Balaban J connectivity index is 1.82. The lowest BCUT2D eigenvalue weighted by atomic mass is 9.98. The van der Waals surface area contributed by atoms with E-state index in [0.717, 1.165) is 0 Å². The number of unbranched alkanes of at least 4 members (excludes halogenated alkanes) is 3. The van der Waals surface area contributed by atoms with E-state index in [9.17, 15) is 0 Å². The lowest BCUT2D eigenvalue weighted by Crippen LogP contribution is -1.92. The molecule has 0 bridgehead atoms. The van der Waals surface area contributed by atoms with Gasteiger partial charge in [0.05, 0.1) is 0 Å². The van der Waals surface area contributed by atoms with Gasteiger partial charge < -0.3 is 0 Å². The lowest BCUT2D eigenvalue weighted by Gasteiger charge is -2.06. The third-order valence-electron chi connectivity index (χ3n) is 3.17. The number of allylic oxidation sites excluding steroid dienone is 8. The maximum atomic E-state index is 2.42. The van der Waals surface area contributed by atoms with E-state index in [1.807, 2.05) is 0 Å². The molecule has 80 valence electrons. The first-order chi connectivity index (χ1) is 7.40. The Hall–Kier alpha value is -1.04. The van der Waals surface area contributed by atoms with Crippen molar-refractivity contribution in [2.24, 2.45) is 5.92 Å². The molecule has 0 heteroatoms. The molecule has 2 aliphatic rings. The predicted octanol–water partition coefficient (Wildman–Crippen LogP) is 4.57. The molecule has 0 aromatic heterocycles. The summed E-state index contributed by atoms with van der Waals surface area (Å²) in [6.45, 7) is 2.26. The summed E-state index contributed by atoms with van der Waals surface area (Å²) in [4.78, 5) is 0. The molecule has 1 atom stereocenters. The van der Waals surface area contributed by atoms with Crippen molar-refractivity contribution in [3.63, 3.8) is 0 Å². The largest absolute Gasteiger partial charge is 0.0732 e. The SMILES string of the molecule is CCCCCCC1=CC2C=CC=CC2=C1. The molecule has 2 rings (SSSR count). The van der Waals surface area contributed by atoms with Gasteiger partial charge in [0.25, 0.3) is 0 Å². The Morgan fingerprint density at radius 2 is 2.07 bits per heavy atom. The van der Waals surface area contributed by atoms with Crippen LogP contribution in [0.2, 0.25) is 0 Å². The maximum Gasteiger partial charge on any atom is 0.0207 e. The number of hydrogen-bond acceptors (Lipinski definition) is 0. The van der Waals surface area contributed by atoms with Crippen molar-refractivity contribution in [1.82, 2.24) is 0 Å². The van der Waals surface area contributed by atoms with Crippen LogP contribution in [0.1, 0.15) is 39.0 Å². The highest BCUT2D eigenvalue weighted by atomic mass is 14.2. The van der Waals surface area contributed by atoms with E-state index in [1.165, 1.54) is 37.7 Å². The van der Waals surface area contributed by atoms with Crippen molar-refractivity contribution >= 4 is 0 Å². The molecule has 0 nitrogen and oxygen atoms in total. The molecule has 0 fully saturated rings. The van der Waals surface area contributed by atoms with Crippen LogP contribution in [0.4, 0.5) is 0 Å². The second kappa shape index (κ2) is 5.16. The van der Waals surface area contributed by atoms with E-state index >= 15 is 0 Å². The van der Waals surface area contributed by atoms with Crippen LogP contribution >= 0.6 is 0 Å². The van der Waals surface area contributed by atoms with Crippen molar-refractivity contribution in [3.8, 4) is 0 Å². The molecule has 0 aromatic carbocycles. The summed E-state index contributed by atoms with van der Waals surface area (Å²) in [6, 6.07) is 0. The van der Waals surface area contributed by atoms with Crippen molar-refractivity contribution < 1.29 is 0 Å². The Labute approximate surface area is 93.1 Å². The Bertz CT molecular complexity index is 326. The van der Waals surface area contributed by atoms with Crippen molar-refractivity contribution in [1.29, 1.82) is 0 Å². The summed E-state index contributed by atoms with van der Waals surface area (Å²) in [5.41, 5.74) is 3.02. The van der Waals surface area contributed by atoms with Crippen LogP contribution in [0.3, 0.4) is 0 Å². The predicted molar refractivity (Wildman–Crippen MR) is 66.7 cm³/mol. The van der Waals surface area contributed by atoms with Crippen LogP contribution in [-0.2, 0) is 0 Å². The highest BCUT2D eigenvalue weighted by molar-refractivity contribution is 5.47. The molecule has 0 N–H and O–H groups in total. The van der Waals surface area contributed by atoms with Gasteiger partial charge in [-0.05, 0) is 18.4 Å². The van der Waals surface area contributed by atoms with E-state index in [0.29, 0.717) is 5.92 Å². The molecular formula is C15H20. The van der Waals surface area contributed by atoms with Gasteiger partial charge in [-0.3, -0.25) is 0 Å². The average molecular weight is 200 g/mol. The van der Waals surface area contributed by atoms with Crippen LogP contribution in [0, 0.1) is 5.92 Å². The first-order valence-electron chi connectivity index (χ1n) is 6.17. The van der Waals surface area contributed by atoms with Crippen LogP contribution in [0.15, 0.2) is 47.6 Å². The van der Waals surface area contributed by atoms with Gasteiger partial charge in [0, 0.05) is 5.92 Å². The minimum atomic E-state index is 0.580. The molecule has 0 saturated carbocycles. The highest BCUT2D eigenvalue weighted by Gasteiger charge is 2.15. The van der Waals surface area contributed by atoms with Gasteiger partial charge in [-0.2, -0.15) is 0 Å². The third kappa shape index (κ3) is 2.71. The second-order valence-corrected chi connectivity index (χ2v) is 4.47. The smallest absolute Gasteiger partial charge is 0.0207 e. The van der Waals surface area contributed by atoms with E-state index in [-0.39, 0.29) is 0 Å². The molecule has 0 amide bonds. The van der Waals surface area contributed by atoms with Crippen molar-refractivity contribution in [2.75, 3.05) is 0 Å². The quantitative estimate of drug-likeness (QED) is 0.570. The van der Waals surface area contributed by atoms with E-state index in [1.54, 1.807) is 5.57 Å². The van der Waals surface area contributed by atoms with Crippen LogP contribution in [0.25, 0.3) is 0 Å². The summed E-state index contributed by atoms with van der Waals surface area (Å²) in [5, 5.41) is 0.